The fourth-order valence-electron chi connectivity index (χ4n) is 17.6. The fraction of sp³-hybridized carbons (Fsp3) is 0.967. The Bertz CT molecular complexity index is 2400. The smallest absolute Gasteiger partial charge is 0.187 e. The minimum atomic E-state index is -1.96. The van der Waals surface area contributed by atoms with E-state index in [1.165, 1.54) is 13.8 Å². The molecule has 29 heteroatoms. The standard InChI is InChI=1S/C61H104O29/c1-24(10-13-35(57(4,5)80)89-55-50(90-54-49(79)43(73)38(68)28(21-64)85-54)45(75)40(70)30(87-55)23-82-52-47(77)42(72)37(67)27(20-63)84-52)25-14-16-58(6)32-12-11-31-56(2,3)34(15-17-59(31,7)61(32,9)33(65)18-60(25,58)8)88-53-48(78)44(74)39(69)29(86-53)22-81-51-46(76)41(71)36(66)26(19-62)83-51/h11,24-30,32-55,62-80H,10,12-23H2,1-9H3/t24-,25-,26-,27-,28-,29-,30-,32+,33-,34+,35-,36-,37-,38-,39-,40-,41+,42+,43+,44+,45+,46-,47-,48-,49-,50-,51-,52-,53+,54+,55+,58+,59-,60-,61+/m1/s1. The maximum atomic E-state index is 13.0. The zero-order chi connectivity index (χ0) is 66.4. The van der Waals surface area contributed by atoms with E-state index >= 15 is 0 Å². The molecule has 5 aliphatic heterocycles. The van der Waals surface area contributed by atoms with Crippen LogP contribution in [0.3, 0.4) is 0 Å². The van der Waals surface area contributed by atoms with E-state index in [-0.39, 0.29) is 29.6 Å². The molecule has 0 spiro atoms. The maximum Gasteiger partial charge on any atom is 0.187 e. The van der Waals surface area contributed by atoms with Crippen LogP contribution >= 0.6 is 0 Å². The third kappa shape index (κ3) is 12.7. The highest BCUT2D eigenvalue weighted by molar-refractivity contribution is 5.36. The number of aliphatic hydroxyl groups excluding tert-OH is 18. The number of allylic oxidation sites excluding steroid dienone is 1. The highest BCUT2D eigenvalue weighted by Gasteiger charge is 2.73. The van der Waals surface area contributed by atoms with Crippen molar-refractivity contribution in [2.75, 3.05) is 33.0 Å². The summed E-state index contributed by atoms with van der Waals surface area (Å²) in [6, 6.07) is 0. The van der Waals surface area contributed by atoms with Crippen LogP contribution in [0.25, 0.3) is 0 Å². The predicted octanol–water partition coefficient (Wildman–Crippen LogP) is -5.02. The van der Waals surface area contributed by atoms with Gasteiger partial charge < -0.3 is 144 Å². The molecule has 3 saturated carbocycles. The largest absolute Gasteiger partial charge is 0.394 e. The van der Waals surface area contributed by atoms with E-state index in [1.54, 1.807) is 0 Å². The van der Waals surface area contributed by atoms with Crippen LogP contribution in [-0.2, 0) is 47.4 Å². The molecule has 5 saturated heterocycles. The van der Waals surface area contributed by atoms with E-state index in [1.807, 2.05) is 13.8 Å². The van der Waals surface area contributed by atoms with Crippen LogP contribution in [0.4, 0.5) is 0 Å². The lowest BCUT2D eigenvalue weighted by molar-refractivity contribution is -0.380. The molecule has 8 fully saturated rings. The quantitative estimate of drug-likeness (QED) is 0.0508. The van der Waals surface area contributed by atoms with Crippen molar-refractivity contribution < 1.29 is 144 Å². The van der Waals surface area contributed by atoms with Crippen LogP contribution in [-0.4, -0.2) is 308 Å². The summed E-state index contributed by atoms with van der Waals surface area (Å²) in [5.41, 5.74) is -3.21. The number of rotatable bonds is 20. The average Bonchev–Trinajstić information content (AvgIpc) is 1.18. The first-order chi connectivity index (χ1) is 42.0. The van der Waals surface area contributed by atoms with Gasteiger partial charge in [-0.25, -0.2) is 0 Å². The van der Waals surface area contributed by atoms with Gasteiger partial charge in [-0.15, -0.1) is 0 Å². The van der Waals surface area contributed by atoms with Gasteiger partial charge in [-0.2, -0.15) is 0 Å². The Hall–Kier alpha value is -1.42. The summed E-state index contributed by atoms with van der Waals surface area (Å²) in [5, 5.41) is 206. The summed E-state index contributed by atoms with van der Waals surface area (Å²) in [6.07, 6.45) is -37.7. The van der Waals surface area contributed by atoms with Gasteiger partial charge in [0.15, 0.2) is 31.5 Å². The number of ether oxygens (including phenoxy) is 10. The molecule has 19 N–H and O–H groups in total. The summed E-state index contributed by atoms with van der Waals surface area (Å²) in [5.74, 6) is 0.00722. The van der Waals surface area contributed by atoms with Crippen LogP contribution in [0.2, 0.25) is 0 Å². The minimum absolute atomic E-state index is 0.00138. The van der Waals surface area contributed by atoms with E-state index in [2.05, 4.69) is 40.7 Å². The van der Waals surface area contributed by atoms with E-state index in [9.17, 15) is 97.0 Å². The molecule has 29 nitrogen and oxygen atoms in total. The van der Waals surface area contributed by atoms with Crippen molar-refractivity contribution in [2.45, 2.75) is 291 Å². The summed E-state index contributed by atoms with van der Waals surface area (Å²) in [7, 11) is 0. The second-order valence-corrected chi connectivity index (χ2v) is 29.3. The van der Waals surface area contributed by atoms with Crippen molar-refractivity contribution in [3.8, 4) is 0 Å². The molecule has 4 aliphatic carbocycles. The van der Waals surface area contributed by atoms with Crippen LogP contribution in [0.5, 0.6) is 0 Å². The monoisotopic (exact) mass is 1300 g/mol. The molecule has 9 aliphatic rings. The number of hydrogen-bond acceptors (Lipinski definition) is 29. The van der Waals surface area contributed by atoms with E-state index < -0.39 is 232 Å². The Morgan fingerprint density at radius 1 is 0.511 bits per heavy atom. The number of aliphatic hydroxyl groups is 19. The summed E-state index contributed by atoms with van der Waals surface area (Å²) in [6.45, 7) is 14.8. The van der Waals surface area contributed by atoms with Crippen molar-refractivity contribution in [3.05, 3.63) is 11.6 Å². The topological polar surface area (TPSA) is 477 Å². The number of fused-ring (bicyclic) bond motifs is 5. The zero-order valence-electron chi connectivity index (χ0n) is 52.7. The average molecular weight is 1300 g/mol. The molecule has 522 valence electrons. The molecular formula is C61H104O29. The molecule has 35 atom stereocenters. The Kier molecular flexibility index (Phi) is 22.2. The lowest BCUT2D eigenvalue weighted by Crippen LogP contribution is -2.68. The van der Waals surface area contributed by atoms with Crippen LogP contribution in [0.15, 0.2) is 11.6 Å². The minimum Gasteiger partial charge on any atom is -0.394 e. The van der Waals surface area contributed by atoms with Crippen LogP contribution in [0, 0.1) is 44.8 Å². The molecule has 5 heterocycles. The number of hydrogen-bond donors (Lipinski definition) is 19. The van der Waals surface area contributed by atoms with Gasteiger partial charge >= 0.3 is 0 Å². The molecule has 0 bridgehead atoms. The molecule has 9 rings (SSSR count). The van der Waals surface area contributed by atoms with Crippen molar-refractivity contribution >= 4 is 0 Å². The second kappa shape index (κ2) is 27.5. The Labute approximate surface area is 523 Å². The van der Waals surface area contributed by atoms with Crippen molar-refractivity contribution in [1.82, 2.24) is 0 Å². The van der Waals surface area contributed by atoms with Gasteiger partial charge in [-0.1, -0.05) is 60.1 Å². The van der Waals surface area contributed by atoms with Gasteiger partial charge in [0.1, 0.15) is 122 Å². The lowest BCUT2D eigenvalue weighted by atomic mass is 9.34. The summed E-state index contributed by atoms with van der Waals surface area (Å²) < 4.78 is 59.5. The Morgan fingerprint density at radius 2 is 0.944 bits per heavy atom. The zero-order valence-corrected chi connectivity index (χ0v) is 52.7. The molecule has 0 aromatic rings. The van der Waals surface area contributed by atoms with Crippen molar-refractivity contribution in [1.29, 1.82) is 0 Å². The lowest BCUT2D eigenvalue weighted by Gasteiger charge is -2.71. The third-order valence-electron chi connectivity index (χ3n) is 23.6. The fourth-order valence-corrected chi connectivity index (χ4v) is 17.6. The van der Waals surface area contributed by atoms with E-state index in [4.69, 9.17) is 47.4 Å². The Morgan fingerprint density at radius 3 is 1.43 bits per heavy atom. The normalized spacial score (nSPS) is 52.2. The van der Waals surface area contributed by atoms with E-state index in [0.29, 0.717) is 32.1 Å². The third-order valence-corrected chi connectivity index (χ3v) is 23.6. The molecule has 0 aromatic heterocycles. The van der Waals surface area contributed by atoms with Crippen molar-refractivity contribution in [3.63, 3.8) is 0 Å². The van der Waals surface area contributed by atoms with Crippen LogP contribution in [0.1, 0.15) is 114 Å². The maximum absolute atomic E-state index is 13.0. The first kappa shape index (κ1) is 72.8. The van der Waals surface area contributed by atoms with Gasteiger partial charge in [0, 0.05) is 10.8 Å². The van der Waals surface area contributed by atoms with Crippen LogP contribution < -0.4 is 0 Å². The molecule has 0 unspecified atom stereocenters. The van der Waals surface area contributed by atoms with Gasteiger partial charge in [0.25, 0.3) is 0 Å². The highest BCUT2D eigenvalue weighted by atomic mass is 16.8. The first-order valence-electron chi connectivity index (χ1n) is 31.9. The van der Waals surface area contributed by atoms with Crippen molar-refractivity contribution in [2.24, 2.45) is 44.8 Å². The summed E-state index contributed by atoms with van der Waals surface area (Å²) >= 11 is 0. The Balaban J connectivity index is 0.895. The molecule has 0 aromatic carbocycles. The van der Waals surface area contributed by atoms with Gasteiger partial charge in [0.05, 0.1) is 56.9 Å². The first-order valence-corrected chi connectivity index (χ1v) is 31.9. The molecular weight excluding hydrogens is 1200 g/mol. The SMILES string of the molecule is C[C@H](CC[C@@H](O[C@@H]1O[C@H](CO[C@@H]2O[C@H](CO)[C@@H](O)[C@H](O)[C@H]2O)[C@@H](O)[C@H](O)[C@H]1O[C@@H]1O[C@H](CO)[C@@H](O)[C@H](O)[C@H]1O)C(C)(C)O)[C@H]1CC[C@@]2(C)[C@@H]3CC=C4C(C)(C)[C@@H](O[C@@H]5O[C@H](CO[C@@H]6O[C@H](CO)[C@@H](O)[C@H](O)[C@H]6O)[C@@H](O)[C@H](O)[C@H]5O)CC[C@@]4(C)[C@]3(C)[C@H](O)C[C@]12C. The molecule has 0 amide bonds. The van der Waals surface area contributed by atoms with Gasteiger partial charge in [-0.3, -0.25) is 0 Å². The molecule has 90 heavy (non-hydrogen) atoms. The highest BCUT2D eigenvalue weighted by Crippen LogP contribution is 2.78. The van der Waals surface area contributed by atoms with Gasteiger partial charge in [0.2, 0.25) is 0 Å². The second-order valence-electron chi connectivity index (χ2n) is 29.3. The predicted molar refractivity (Wildman–Crippen MR) is 305 cm³/mol. The van der Waals surface area contributed by atoms with E-state index in [0.717, 1.165) is 18.4 Å². The van der Waals surface area contributed by atoms with Gasteiger partial charge in [-0.05, 0) is 99.2 Å². The molecule has 0 radical (unpaired) electrons. The summed E-state index contributed by atoms with van der Waals surface area (Å²) in [4.78, 5) is 0.